The number of hydrogen-bond donors (Lipinski definition) is 0. The summed E-state index contributed by atoms with van der Waals surface area (Å²) in [7, 11) is 0. The normalized spacial score (nSPS) is 12.5. The first-order chi connectivity index (χ1) is 10.00. The maximum absolute atomic E-state index is 13.8. The highest BCUT2D eigenvalue weighted by Crippen LogP contribution is 2.39. The Hall–Kier alpha value is -2.12. The lowest BCUT2D eigenvalue weighted by atomic mass is 9.97. The minimum atomic E-state index is -4.94. The highest BCUT2D eigenvalue weighted by Gasteiger charge is 2.35. The van der Waals surface area contributed by atoms with Gasteiger partial charge in [0, 0.05) is 11.6 Å². The molecule has 0 aliphatic rings. The lowest BCUT2D eigenvalue weighted by molar-refractivity contribution is -0.138. The average molecular weight is 325 g/mol. The molecule has 0 atom stereocenters. The fourth-order valence-electron chi connectivity index (χ4n) is 1.83. The van der Waals surface area contributed by atoms with E-state index in [9.17, 15) is 35.1 Å². The molecule has 0 unspecified atom stereocenters. The second-order valence-corrected chi connectivity index (χ2v) is 4.30. The smallest absolute Gasteiger partial charge is 0.206 e. The molecule has 0 aromatic heterocycles. The van der Waals surface area contributed by atoms with Gasteiger partial charge in [0.05, 0.1) is 11.1 Å². The Balaban J connectivity index is 2.65. The van der Waals surface area contributed by atoms with Crippen LogP contribution in [0.25, 0.3) is 11.1 Å². The van der Waals surface area contributed by atoms with Gasteiger partial charge < -0.3 is 0 Å². The van der Waals surface area contributed by atoms with Crippen LogP contribution in [0.3, 0.4) is 0 Å². The summed E-state index contributed by atoms with van der Waals surface area (Å²) >= 11 is 0. The third-order valence-corrected chi connectivity index (χ3v) is 2.81. The van der Waals surface area contributed by atoms with Gasteiger partial charge in [-0.1, -0.05) is 6.07 Å². The van der Waals surface area contributed by atoms with E-state index < -0.39 is 46.2 Å². The van der Waals surface area contributed by atoms with Gasteiger partial charge in [0.1, 0.15) is 11.6 Å². The molecule has 0 spiro atoms. The van der Waals surface area contributed by atoms with E-state index in [0.29, 0.717) is 18.2 Å². The van der Waals surface area contributed by atoms with E-state index in [0.717, 1.165) is 0 Å². The zero-order chi connectivity index (χ0) is 16.7. The zero-order valence-electron chi connectivity index (χ0n) is 10.4. The standard InChI is InChI=1S/C14H5F8/c15-8-2-4-11(14(20,21)22)10(6-8)9-3-1-7(5-12(9)16)13(17,18)19/h1,3-6H. The van der Waals surface area contributed by atoms with Crippen LogP contribution in [0.1, 0.15) is 11.1 Å². The molecule has 8 heteroatoms. The van der Waals surface area contributed by atoms with Gasteiger partial charge in [-0.2, -0.15) is 26.3 Å². The van der Waals surface area contributed by atoms with Crippen LogP contribution in [-0.2, 0) is 12.4 Å². The monoisotopic (exact) mass is 325 g/mol. The van der Waals surface area contributed by atoms with Crippen LogP contribution < -0.4 is 0 Å². The van der Waals surface area contributed by atoms with Crippen molar-refractivity contribution in [2.75, 3.05) is 0 Å². The summed E-state index contributed by atoms with van der Waals surface area (Å²) in [6.07, 6.45) is -9.78. The molecule has 0 fully saturated rings. The van der Waals surface area contributed by atoms with Gasteiger partial charge in [0.15, 0.2) is 0 Å². The summed E-state index contributed by atoms with van der Waals surface area (Å²) in [4.78, 5) is 0. The van der Waals surface area contributed by atoms with Crippen LogP contribution in [0.2, 0.25) is 0 Å². The van der Waals surface area contributed by atoms with Gasteiger partial charge >= 0.3 is 12.4 Å². The first kappa shape index (κ1) is 16.3. The molecule has 0 aliphatic heterocycles. The highest BCUT2D eigenvalue weighted by molar-refractivity contribution is 5.69. The van der Waals surface area contributed by atoms with Crippen molar-refractivity contribution in [3.63, 3.8) is 0 Å². The molecule has 0 bridgehead atoms. The van der Waals surface area contributed by atoms with Crippen LogP contribution in [0.4, 0.5) is 35.1 Å². The molecule has 0 amide bonds. The molecule has 2 aromatic rings. The lowest BCUT2D eigenvalue weighted by Gasteiger charge is -2.14. The van der Waals surface area contributed by atoms with Gasteiger partial charge in [-0.15, -0.1) is 0 Å². The van der Waals surface area contributed by atoms with Crippen LogP contribution in [0.5, 0.6) is 0 Å². The van der Waals surface area contributed by atoms with E-state index in [-0.39, 0.29) is 12.1 Å². The molecule has 22 heavy (non-hydrogen) atoms. The highest BCUT2D eigenvalue weighted by atomic mass is 19.4. The van der Waals surface area contributed by atoms with Crippen LogP contribution in [-0.4, -0.2) is 0 Å². The second kappa shape index (κ2) is 5.26. The average Bonchev–Trinajstić information content (AvgIpc) is 2.35. The third-order valence-electron chi connectivity index (χ3n) is 2.81. The molecule has 0 aliphatic carbocycles. The molecule has 1 radical (unpaired) electrons. The zero-order valence-corrected chi connectivity index (χ0v) is 10.4. The summed E-state index contributed by atoms with van der Waals surface area (Å²) < 4.78 is 103. The van der Waals surface area contributed by atoms with Crippen molar-refractivity contribution in [1.82, 2.24) is 0 Å². The van der Waals surface area contributed by atoms with Crippen LogP contribution >= 0.6 is 0 Å². The van der Waals surface area contributed by atoms with E-state index in [2.05, 4.69) is 0 Å². The molecule has 0 nitrogen and oxygen atoms in total. The maximum atomic E-state index is 13.8. The predicted molar refractivity (Wildman–Crippen MR) is 60.6 cm³/mol. The van der Waals surface area contributed by atoms with E-state index in [1.54, 1.807) is 6.07 Å². The van der Waals surface area contributed by atoms with Crippen molar-refractivity contribution in [2.45, 2.75) is 12.4 Å². The number of rotatable bonds is 1. The predicted octanol–water partition coefficient (Wildman–Crippen LogP) is 5.47. The molecular weight excluding hydrogens is 320 g/mol. The Morgan fingerprint density at radius 1 is 0.773 bits per heavy atom. The minimum absolute atomic E-state index is 0.0596. The Bertz CT molecular complexity index is 697. The van der Waals surface area contributed by atoms with Crippen molar-refractivity contribution in [1.29, 1.82) is 0 Å². The van der Waals surface area contributed by atoms with Gasteiger partial charge in [-0.05, 0) is 29.8 Å². The molecule has 2 rings (SSSR count). The number of halogens is 8. The number of hydrogen-bond acceptors (Lipinski definition) is 0. The SMILES string of the molecule is Fc1[c]cc(C(F)(F)F)c(-c2ccc(C(F)(F)F)cc2F)c1. The van der Waals surface area contributed by atoms with E-state index in [1.165, 1.54) is 0 Å². The molecule has 0 heterocycles. The summed E-state index contributed by atoms with van der Waals surface area (Å²) in [5.74, 6) is -2.73. The maximum Gasteiger partial charge on any atom is 0.417 e. The molecule has 117 valence electrons. The summed E-state index contributed by atoms with van der Waals surface area (Å²) in [6.45, 7) is 0. The fraction of sp³-hybridized carbons (Fsp3) is 0.143. The van der Waals surface area contributed by atoms with Crippen molar-refractivity contribution >= 4 is 0 Å². The van der Waals surface area contributed by atoms with Gasteiger partial charge in [-0.3, -0.25) is 0 Å². The number of benzene rings is 2. The lowest BCUT2D eigenvalue weighted by Crippen LogP contribution is -2.09. The topological polar surface area (TPSA) is 0 Å². The third kappa shape index (κ3) is 3.20. The number of alkyl halides is 6. The minimum Gasteiger partial charge on any atom is -0.206 e. The van der Waals surface area contributed by atoms with Gasteiger partial charge in [0.2, 0.25) is 0 Å². The van der Waals surface area contributed by atoms with Crippen LogP contribution in [0, 0.1) is 17.7 Å². The van der Waals surface area contributed by atoms with E-state index in [1.807, 2.05) is 0 Å². The van der Waals surface area contributed by atoms with Gasteiger partial charge in [-0.25, -0.2) is 8.78 Å². The summed E-state index contributed by atoms with van der Waals surface area (Å²) in [5, 5.41) is 0. The molecule has 2 aromatic carbocycles. The van der Waals surface area contributed by atoms with Crippen LogP contribution in [0.15, 0.2) is 30.3 Å². The van der Waals surface area contributed by atoms with Crippen molar-refractivity contribution in [3.05, 3.63) is 59.2 Å². The van der Waals surface area contributed by atoms with E-state index >= 15 is 0 Å². The first-order valence-electron chi connectivity index (χ1n) is 5.65. The Morgan fingerprint density at radius 2 is 1.41 bits per heavy atom. The first-order valence-corrected chi connectivity index (χ1v) is 5.65. The molecule has 0 N–H and O–H groups in total. The molecule has 0 saturated heterocycles. The Morgan fingerprint density at radius 3 is 1.91 bits per heavy atom. The van der Waals surface area contributed by atoms with Gasteiger partial charge in [0.25, 0.3) is 0 Å². The van der Waals surface area contributed by atoms with Crippen molar-refractivity contribution in [2.24, 2.45) is 0 Å². The van der Waals surface area contributed by atoms with E-state index in [4.69, 9.17) is 0 Å². The Kier molecular flexibility index (Phi) is 3.88. The summed E-state index contributed by atoms with van der Waals surface area (Å²) in [5.41, 5.74) is -4.43. The summed E-state index contributed by atoms with van der Waals surface area (Å²) in [6, 6.07) is 3.35. The molecule has 0 saturated carbocycles. The quantitative estimate of drug-likeness (QED) is 0.610. The second-order valence-electron chi connectivity index (χ2n) is 4.30. The fourth-order valence-corrected chi connectivity index (χ4v) is 1.83. The van der Waals surface area contributed by atoms with Crippen molar-refractivity contribution in [3.8, 4) is 11.1 Å². The van der Waals surface area contributed by atoms with Crippen molar-refractivity contribution < 1.29 is 35.1 Å². The molecular formula is C14H5F8. The Labute approximate surface area is 119 Å². The largest absolute Gasteiger partial charge is 0.417 e.